The molecule has 2 rings (SSSR count). The van der Waals surface area contributed by atoms with Crippen LogP contribution in [-0.4, -0.2) is 20.9 Å². The van der Waals surface area contributed by atoms with E-state index in [0.717, 1.165) is 5.69 Å². The van der Waals surface area contributed by atoms with Gasteiger partial charge in [-0.3, -0.25) is 9.78 Å². The molecular weight excluding hydrogens is 192 g/mol. The highest BCUT2D eigenvalue weighted by atomic mass is 16.1. The van der Waals surface area contributed by atoms with Crippen molar-refractivity contribution in [2.24, 2.45) is 0 Å². The monoisotopic (exact) mass is 202 g/mol. The lowest BCUT2D eigenvalue weighted by atomic mass is 10.4. The molecule has 2 N–H and O–H groups in total. The smallest absolute Gasteiger partial charge is 0.271 e. The van der Waals surface area contributed by atoms with Crippen molar-refractivity contribution in [2.75, 3.05) is 0 Å². The molecule has 5 nitrogen and oxygen atoms in total. The van der Waals surface area contributed by atoms with E-state index in [0.29, 0.717) is 12.2 Å². The fourth-order valence-corrected chi connectivity index (χ4v) is 1.16. The number of aromatic nitrogens is 3. The Kier molecular flexibility index (Phi) is 2.73. The van der Waals surface area contributed by atoms with E-state index < -0.39 is 0 Å². The van der Waals surface area contributed by atoms with Gasteiger partial charge in [-0.05, 0) is 12.1 Å². The molecule has 0 aliphatic carbocycles. The van der Waals surface area contributed by atoms with Crippen LogP contribution in [-0.2, 0) is 6.54 Å². The van der Waals surface area contributed by atoms with E-state index in [9.17, 15) is 4.79 Å². The predicted molar refractivity (Wildman–Crippen MR) is 54.0 cm³/mol. The summed E-state index contributed by atoms with van der Waals surface area (Å²) >= 11 is 0. The summed E-state index contributed by atoms with van der Waals surface area (Å²) in [6.45, 7) is 0.461. The van der Waals surface area contributed by atoms with Gasteiger partial charge in [0.15, 0.2) is 0 Å². The Morgan fingerprint density at radius 3 is 3.07 bits per heavy atom. The molecule has 0 spiro atoms. The van der Waals surface area contributed by atoms with Crippen LogP contribution >= 0.6 is 0 Å². The summed E-state index contributed by atoms with van der Waals surface area (Å²) in [5.41, 5.74) is 1.27. The summed E-state index contributed by atoms with van der Waals surface area (Å²) in [6.07, 6.45) is 6.26. The normalized spacial score (nSPS) is 9.87. The molecule has 2 heterocycles. The van der Waals surface area contributed by atoms with Gasteiger partial charge in [0.2, 0.25) is 0 Å². The molecule has 0 saturated carbocycles. The third-order valence-corrected chi connectivity index (χ3v) is 1.90. The van der Waals surface area contributed by atoms with E-state index in [-0.39, 0.29) is 5.91 Å². The molecule has 0 atom stereocenters. The average molecular weight is 202 g/mol. The molecule has 15 heavy (non-hydrogen) atoms. The topological polar surface area (TPSA) is 70.7 Å². The molecule has 5 heteroatoms. The quantitative estimate of drug-likeness (QED) is 0.771. The van der Waals surface area contributed by atoms with Gasteiger partial charge in [-0.15, -0.1) is 0 Å². The zero-order valence-electron chi connectivity index (χ0n) is 7.97. The fraction of sp³-hybridized carbons (Fsp3) is 0.100. The van der Waals surface area contributed by atoms with Crippen molar-refractivity contribution in [1.29, 1.82) is 0 Å². The average Bonchev–Trinajstić information content (AvgIpc) is 2.80. The Balaban J connectivity index is 1.94. The lowest BCUT2D eigenvalue weighted by molar-refractivity contribution is 0.0945. The van der Waals surface area contributed by atoms with Crippen LogP contribution in [0.15, 0.2) is 36.9 Å². The molecule has 0 aliphatic heterocycles. The van der Waals surface area contributed by atoms with Crippen molar-refractivity contribution >= 4 is 5.91 Å². The Hall–Kier alpha value is -2.17. The number of rotatable bonds is 3. The number of amides is 1. The van der Waals surface area contributed by atoms with E-state index in [4.69, 9.17) is 0 Å². The van der Waals surface area contributed by atoms with Gasteiger partial charge in [-0.25, -0.2) is 4.98 Å². The van der Waals surface area contributed by atoms with Crippen LogP contribution in [0.25, 0.3) is 0 Å². The number of nitrogens with one attached hydrogen (secondary N) is 2. The van der Waals surface area contributed by atoms with Gasteiger partial charge < -0.3 is 10.3 Å². The Morgan fingerprint density at radius 1 is 1.47 bits per heavy atom. The molecule has 0 unspecified atom stereocenters. The number of H-pyrrole nitrogens is 1. The van der Waals surface area contributed by atoms with Crippen molar-refractivity contribution in [3.05, 3.63) is 48.3 Å². The minimum absolute atomic E-state index is 0.224. The second-order valence-electron chi connectivity index (χ2n) is 2.97. The highest BCUT2D eigenvalue weighted by Crippen LogP contribution is 1.95. The summed E-state index contributed by atoms with van der Waals surface area (Å²) < 4.78 is 0. The first-order chi connectivity index (χ1) is 7.36. The van der Waals surface area contributed by atoms with Crippen LogP contribution in [0.5, 0.6) is 0 Å². The van der Waals surface area contributed by atoms with Crippen LogP contribution in [0, 0.1) is 0 Å². The van der Waals surface area contributed by atoms with Crippen LogP contribution in [0.1, 0.15) is 16.2 Å². The van der Waals surface area contributed by atoms with Crippen molar-refractivity contribution < 1.29 is 4.79 Å². The second-order valence-corrected chi connectivity index (χ2v) is 2.97. The third kappa shape index (κ3) is 2.40. The number of aromatic amines is 1. The van der Waals surface area contributed by atoms with Crippen molar-refractivity contribution in [3.63, 3.8) is 0 Å². The van der Waals surface area contributed by atoms with Gasteiger partial charge in [0.25, 0.3) is 5.91 Å². The van der Waals surface area contributed by atoms with Gasteiger partial charge in [0.1, 0.15) is 5.69 Å². The standard InChI is InChI=1S/C10H10N4O/c15-10(9-7-11-4-5-13-9)14-6-8-2-1-3-12-8/h1-5,7,12H,6H2,(H,14,15). The Morgan fingerprint density at radius 2 is 2.40 bits per heavy atom. The lowest BCUT2D eigenvalue weighted by Crippen LogP contribution is -2.23. The third-order valence-electron chi connectivity index (χ3n) is 1.90. The Labute approximate surface area is 86.6 Å². The highest BCUT2D eigenvalue weighted by Gasteiger charge is 2.05. The summed E-state index contributed by atoms with van der Waals surface area (Å²) in [5.74, 6) is -0.224. The first-order valence-electron chi connectivity index (χ1n) is 4.53. The zero-order chi connectivity index (χ0) is 10.5. The molecule has 2 aromatic heterocycles. The van der Waals surface area contributed by atoms with Gasteiger partial charge in [-0.2, -0.15) is 0 Å². The lowest BCUT2D eigenvalue weighted by Gasteiger charge is -2.01. The maximum atomic E-state index is 11.5. The predicted octanol–water partition coefficient (Wildman–Crippen LogP) is 0.735. The van der Waals surface area contributed by atoms with E-state index >= 15 is 0 Å². The SMILES string of the molecule is O=C(NCc1ccc[nH]1)c1cnccn1. The van der Waals surface area contributed by atoms with Crippen molar-refractivity contribution in [1.82, 2.24) is 20.3 Å². The molecule has 1 amide bonds. The fourth-order valence-electron chi connectivity index (χ4n) is 1.16. The summed E-state index contributed by atoms with van der Waals surface area (Å²) in [5, 5.41) is 2.73. The maximum Gasteiger partial charge on any atom is 0.271 e. The van der Waals surface area contributed by atoms with Crippen LogP contribution in [0.4, 0.5) is 0 Å². The Bertz CT molecular complexity index is 424. The van der Waals surface area contributed by atoms with Gasteiger partial charge in [0.05, 0.1) is 12.7 Å². The second kappa shape index (κ2) is 4.36. The summed E-state index contributed by atoms with van der Waals surface area (Å²) in [7, 11) is 0. The molecule has 0 fully saturated rings. The molecule has 0 bridgehead atoms. The first-order valence-corrected chi connectivity index (χ1v) is 4.53. The number of hydrogen-bond donors (Lipinski definition) is 2. The number of hydrogen-bond acceptors (Lipinski definition) is 3. The molecule has 0 saturated heterocycles. The summed E-state index contributed by atoms with van der Waals surface area (Å²) in [4.78, 5) is 22.2. The minimum atomic E-state index is -0.224. The van der Waals surface area contributed by atoms with E-state index in [2.05, 4.69) is 20.3 Å². The minimum Gasteiger partial charge on any atom is -0.364 e. The molecule has 76 valence electrons. The van der Waals surface area contributed by atoms with Gasteiger partial charge in [0, 0.05) is 24.3 Å². The van der Waals surface area contributed by atoms with Gasteiger partial charge >= 0.3 is 0 Å². The van der Waals surface area contributed by atoms with E-state index in [1.807, 2.05) is 18.3 Å². The molecule has 2 aromatic rings. The first kappa shape index (κ1) is 9.39. The molecule has 0 aliphatic rings. The highest BCUT2D eigenvalue weighted by molar-refractivity contribution is 5.91. The van der Waals surface area contributed by atoms with Crippen LogP contribution < -0.4 is 5.32 Å². The number of carbonyl (C=O) groups is 1. The number of carbonyl (C=O) groups excluding carboxylic acids is 1. The molecule has 0 aromatic carbocycles. The molecule has 0 radical (unpaired) electrons. The zero-order valence-corrected chi connectivity index (χ0v) is 7.97. The van der Waals surface area contributed by atoms with Crippen molar-refractivity contribution in [3.8, 4) is 0 Å². The van der Waals surface area contributed by atoms with Crippen LogP contribution in [0.3, 0.4) is 0 Å². The van der Waals surface area contributed by atoms with Crippen molar-refractivity contribution in [2.45, 2.75) is 6.54 Å². The van der Waals surface area contributed by atoms with E-state index in [1.165, 1.54) is 18.6 Å². The maximum absolute atomic E-state index is 11.5. The van der Waals surface area contributed by atoms with Gasteiger partial charge in [-0.1, -0.05) is 0 Å². The molecular formula is C10H10N4O. The number of nitrogens with zero attached hydrogens (tertiary/aromatic N) is 2. The largest absolute Gasteiger partial charge is 0.364 e. The summed E-state index contributed by atoms with van der Waals surface area (Å²) in [6, 6.07) is 3.78. The van der Waals surface area contributed by atoms with Crippen LogP contribution in [0.2, 0.25) is 0 Å². The van der Waals surface area contributed by atoms with E-state index in [1.54, 1.807) is 0 Å².